The van der Waals surface area contributed by atoms with Crippen LogP contribution < -0.4 is 4.72 Å². The van der Waals surface area contributed by atoms with Gasteiger partial charge in [-0.3, -0.25) is 9.67 Å². The van der Waals surface area contributed by atoms with Gasteiger partial charge in [-0.2, -0.15) is 18.3 Å². The van der Waals surface area contributed by atoms with Crippen molar-refractivity contribution < 1.29 is 21.6 Å². The van der Waals surface area contributed by atoms with E-state index in [4.69, 9.17) is 0 Å². The van der Waals surface area contributed by atoms with Crippen LogP contribution in [0.1, 0.15) is 29.7 Å². The maximum absolute atomic E-state index is 12.9. The van der Waals surface area contributed by atoms with Gasteiger partial charge < -0.3 is 0 Å². The van der Waals surface area contributed by atoms with Crippen molar-refractivity contribution in [2.75, 3.05) is 6.54 Å². The highest BCUT2D eigenvalue weighted by Gasteiger charge is 2.31. The first-order valence-electron chi connectivity index (χ1n) is 9.92. The third kappa shape index (κ3) is 4.64. The Morgan fingerprint density at radius 1 is 1.06 bits per heavy atom. The standard InChI is InChI=1S/C21H21F3N4O2S/c22-21(23,24)15-6-5-7-16(14-15)31(29,30)26-12-13-28-19-10-2-1-8-17(19)20(27-28)18-9-3-4-11-25-18/h3-7,9,11,14,26H,1-2,8,10,12-13H2. The van der Waals surface area contributed by atoms with Crippen LogP contribution >= 0.6 is 0 Å². The molecule has 1 aliphatic rings. The molecule has 4 rings (SSSR count). The number of halogens is 3. The van der Waals surface area contributed by atoms with Crippen molar-refractivity contribution >= 4 is 10.0 Å². The van der Waals surface area contributed by atoms with Crippen LogP contribution in [-0.4, -0.2) is 29.7 Å². The predicted molar refractivity (Wildman–Crippen MR) is 109 cm³/mol. The van der Waals surface area contributed by atoms with E-state index in [1.54, 1.807) is 10.9 Å². The molecule has 0 unspecified atom stereocenters. The number of alkyl halides is 3. The van der Waals surface area contributed by atoms with Gasteiger partial charge in [0.05, 0.1) is 22.7 Å². The number of pyridine rings is 1. The summed E-state index contributed by atoms with van der Waals surface area (Å²) in [5.41, 5.74) is 2.76. The molecule has 2 aromatic heterocycles. The molecule has 0 aliphatic heterocycles. The van der Waals surface area contributed by atoms with Gasteiger partial charge in [0.2, 0.25) is 10.0 Å². The summed E-state index contributed by atoms with van der Waals surface area (Å²) >= 11 is 0. The maximum Gasteiger partial charge on any atom is 0.416 e. The van der Waals surface area contributed by atoms with Crippen LogP contribution in [0.2, 0.25) is 0 Å². The van der Waals surface area contributed by atoms with Crippen LogP contribution in [0.25, 0.3) is 11.4 Å². The van der Waals surface area contributed by atoms with E-state index < -0.39 is 26.7 Å². The zero-order valence-electron chi connectivity index (χ0n) is 16.6. The predicted octanol–water partition coefficient (Wildman–Crippen LogP) is 3.82. The number of hydrogen-bond donors (Lipinski definition) is 1. The molecule has 0 amide bonds. The van der Waals surface area contributed by atoms with E-state index in [0.717, 1.165) is 66.5 Å². The minimum Gasteiger partial charge on any atom is -0.267 e. The van der Waals surface area contributed by atoms with Gasteiger partial charge in [0.25, 0.3) is 0 Å². The molecule has 3 aromatic rings. The van der Waals surface area contributed by atoms with E-state index in [1.165, 1.54) is 0 Å². The zero-order valence-corrected chi connectivity index (χ0v) is 17.4. The number of benzene rings is 1. The Bertz CT molecular complexity index is 1180. The van der Waals surface area contributed by atoms with Crippen LogP contribution in [-0.2, 0) is 35.6 Å². The molecule has 0 spiro atoms. The molecule has 1 aliphatic carbocycles. The van der Waals surface area contributed by atoms with E-state index in [9.17, 15) is 21.6 Å². The molecular weight excluding hydrogens is 429 g/mol. The van der Waals surface area contributed by atoms with E-state index in [1.807, 2.05) is 18.2 Å². The highest BCUT2D eigenvalue weighted by Crippen LogP contribution is 2.31. The number of sulfonamides is 1. The fourth-order valence-electron chi connectivity index (χ4n) is 3.77. The lowest BCUT2D eigenvalue weighted by molar-refractivity contribution is -0.137. The second-order valence-corrected chi connectivity index (χ2v) is 9.11. The first-order chi connectivity index (χ1) is 14.8. The molecule has 2 heterocycles. The molecule has 6 nitrogen and oxygen atoms in total. The van der Waals surface area contributed by atoms with Crippen LogP contribution in [0.3, 0.4) is 0 Å². The monoisotopic (exact) mass is 450 g/mol. The van der Waals surface area contributed by atoms with Crippen LogP contribution in [0.15, 0.2) is 53.6 Å². The van der Waals surface area contributed by atoms with Gasteiger partial charge in [0.15, 0.2) is 0 Å². The van der Waals surface area contributed by atoms with Gasteiger partial charge in [0.1, 0.15) is 5.69 Å². The summed E-state index contributed by atoms with van der Waals surface area (Å²) in [7, 11) is -4.08. The van der Waals surface area contributed by atoms with Gasteiger partial charge >= 0.3 is 6.18 Å². The summed E-state index contributed by atoms with van der Waals surface area (Å²) in [6, 6.07) is 9.31. The van der Waals surface area contributed by atoms with Crippen molar-refractivity contribution in [3.8, 4) is 11.4 Å². The fourth-order valence-corrected chi connectivity index (χ4v) is 4.84. The zero-order chi connectivity index (χ0) is 22.1. The Kier molecular flexibility index (Phi) is 5.85. The maximum atomic E-state index is 12.9. The van der Waals surface area contributed by atoms with Crippen molar-refractivity contribution in [3.63, 3.8) is 0 Å². The second-order valence-electron chi connectivity index (χ2n) is 7.34. The Morgan fingerprint density at radius 3 is 2.61 bits per heavy atom. The van der Waals surface area contributed by atoms with E-state index in [0.29, 0.717) is 6.07 Å². The molecule has 1 aromatic carbocycles. The largest absolute Gasteiger partial charge is 0.416 e. The van der Waals surface area contributed by atoms with Gasteiger partial charge in [0, 0.05) is 24.0 Å². The number of aromatic nitrogens is 3. The molecule has 1 N–H and O–H groups in total. The molecule has 0 atom stereocenters. The van der Waals surface area contributed by atoms with Crippen molar-refractivity contribution in [1.29, 1.82) is 0 Å². The molecule has 10 heteroatoms. The molecular formula is C21H21F3N4O2S. The second kappa shape index (κ2) is 8.43. The van der Waals surface area contributed by atoms with E-state index >= 15 is 0 Å². The normalized spacial score (nSPS) is 14.4. The number of hydrogen-bond acceptors (Lipinski definition) is 4. The lowest BCUT2D eigenvalue weighted by Crippen LogP contribution is -2.28. The molecule has 0 fully saturated rings. The van der Waals surface area contributed by atoms with Crippen molar-refractivity contribution in [2.24, 2.45) is 0 Å². The number of fused-ring (bicyclic) bond motifs is 1. The number of rotatable bonds is 6. The Labute approximate surface area is 178 Å². The average molecular weight is 450 g/mol. The first kappa shape index (κ1) is 21.5. The molecule has 0 radical (unpaired) electrons. The van der Waals surface area contributed by atoms with Crippen LogP contribution in [0, 0.1) is 0 Å². The summed E-state index contributed by atoms with van der Waals surface area (Å²) in [6.45, 7) is 0.279. The number of nitrogens with one attached hydrogen (secondary N) is 1. The van der Waals surface area contributed by atoms with Crippen molar-refractivity contribution in [3.05, 3.63) is 65.5 Å². The Morgan fingerprint density at radius 2 is 1.87 bits per heavy atom. The minimum atomic E-state index is -4.61. The van der Waals surface area contributed by atoms with E-state index in [2.05, 4.69) is 14.8 Å². The topological polar surface area (TPSA) is 76.9 Å². The molecule has 0 saturated carbocycles. The highest BCUT2D eigenvalue weighted by atomic mass is 32.2. The van der Waals surface area contributed by atoms with Crippen LogP contribution in [0.4, 0.5) is 13.2 Å². The Hall–Kier alpha value is -2.72. The van der Waals surface area contributed by atoms with Gasteiger partial charge in [-0.15, -0.1) is 0 Å². The SMILES string of the molecule is O=S(=O)(NCCn1nc(-c2ccccn2)c2c1CCCC2)c1cccc(C(F)(F)F)c1. The summed E-state index contributed by atoms with van der Waals surface area (Å²) in [5, 5.41) is 4.67. The third-order valence-corrected chi connectivity index (χ3v) is 6.71. The summed E-state index contributed by atoms with van der Waals surface area (Å²) in [6.07, 6.45) is 0.901. The number of nitrogens with zero attached hydrogens (tertiary/aromatic N) is 3. The smallest absolute Gasteiger partial charge is 0.267 e. The quantitative estimate of drug-likeness (QED) is 0.620. The third-order valence-electron chi connectivity index (χ3n) is 5.25. The van der Waals surface area contributed by atoms with E-state index in [-0.39, 0.29) is 13.1 Å². The minimum absolute atomic E-state index is 0.00829. The molecule has 0 bridgehead atoms. The summed E-state index contributed by atoms with van der Waals surface area (Å²) < 4.78 is 67.9. The van der Waals surface area contributed by atoms with Crippen molar-refractivity contribution in [1.82, 2.24) is 19.5 Å². The summed E-state index contributed by atoms with van der Waals surface area (Å²) in [5.74, 6) is 0. The first-order valence-corrected chi connectivity index (χ1v) is 11.4. The van der Waals surface area contributed by atoms with Crippen LogP contribution in [0.5, 0.6) is 0 Å². The lowest BCUT2D eigenvalue weighted by atomic mass is 9.95. The highest BCUT2D eigenvalue weighted by molar-refractivity contribution is 7.89. The van der Waals surface area contributed by atoms with Crippen molar-refractivity contribution in [2.45, 2.75) is 43.3 Å². The average Bonchev–Trinajstić information content (AvgIpc) is 3.13. The molecule has 164 valence electrons. The molecule has 31 heavy (non-hydrogen) atoms. The summed E-state index contributed by atoms with van der Waals surface area (Å²) in [4.78, 5) is 3.96. The van der Waals surface area contributed by atoms with Gasteiger partial charge in [-0.25, -0.2) is 13.1 Å². The van der Waals surface area contributed by atoms with Gasteiger partial charge in [-0.1, -0.05) is 12.1 Å². The Balaban J connectivity index is 1.52. The molecule has 0 saturated heterocycles. The lowest BCUT2D eigenvalue weighted by Gasteiger charge is -2.15. The fraction of sp³-hybridized carbons (Fsp3) is 0.333. The van der Waals surface area contributed by atoms with Gasteiger partial charge in [-0.05, 0) is 56.0 Å².